The van der Waals surface area contributed by atoms with Crippen LogP contribution < -0.4 is 26.8 Å². The average molecular weight is 417 g/mol. The number of aliphatic imine (C=N–C) groups is 1. The number of nitrogens with two attached hydrogens (primary N) is 2. The number of nitrogens with one attached hydrogen (secondary N) is 2. The van der Waals surface area contributed by atoms with Crippen molar-refractivity contribution >= 4 is 5.96 Å². The summed E-state index contributed by atoms with van der Waals surface area (Å²) in [6, 6.07) is 7.82. The van der Waals surface area contributed by atoms with Gasteiger partial charge in [0.05, 0.1) is 18.2 Å². The van der Waals surface area contributed by atoms with Crippen LogP contribution in [0.3, 0.4) is 0 Å². The summed E-state index contributed by atoms with van der Waals surface area (Å²) in [7, 11) is 1.64. The number of hydrogen-bond acceptors (Lipinski definition) is 6. The quantitative estimate of drug-likeness (QED) is 0.373. The third-order valence-corrected chi connectivity index (χ3v) is 6.08. The molecule has 1 aliphatic heterocycles. The molecule has 3 rings (SSSR count). The molecule has 6 N–H and O–H groups in total. The highest BCUT2D eigenvalue weighted by Gasteiger charge is 2.44. The van der Waals surface area contributed by atoms with Gasteiger partial charge in [0.1, 0.15) is 5.75 Å². The summed E-state index contributed by atoms with van der Waals surface area (Å²) in [5.41, 5.74) is 12.1. The first-order valence-corrected chi connectivity index (χ1v) is 10.5. The van der Waals surface area contributed by atoms with E-state index in [9.17, 15) is 10.1 Å². The summed E-state index contributed by atoms with van der Waals surface area (Å²) in [4.78, 5) is 15.7. The molecule has 1 heterocycles. The van der Waals surface area contributed by atoms with E-state index in [1.165, 1.54) is 6.20 Å². The lowest BCUT2D eigenvalue weighted by Crippen LogP contribution is -2.64. The molecule has 0 amide bonds. The van der Waals surface area contributed by atoms with Gasteiger partial charge in [0.2, 0.25) is 0 Å². The molecule has 0 aromatic heterocycles. The van der Waals surface area contributed by atoms with Crippen molar-refractivity contribution in [2.75, 3.05) is 20.2 Å². The highest BCUT2D eigenvalue weighted by molar-refractivity contribution is 5.83. The zero-order chi connectivity index (χ0) is 21.6. The van der Waals surface area contributed by atoms with Crippen LogP contribution >= 0.6 is 0 Å². The highest BCUT2D eigenvalue weighted by Crippen LogP contribution is 2.34. The van der Waals surface area contributed by atoms with Crippen molar-refractivity contribution in [1.29, 1.82) is 0 Å². The number of benzene rings is 1. The Morgan fingerprint density at radius 3 is 2.50 bits per heavy atom. The molecule has 9 heteroatoms. The van der Waals surface area contributed by atoms with E-state index < -0.39 is 10.6 Å². The van der Waals surface area contributed by atoms with Gasteiger partial charge in [0.15, 0.2) is 11.6 Å². The summed E-state index contributed by atoms with van der Waals surface area (Å²) in [6.07, 6.45) is 6.69. The van der Waals surface area contributed by atoms with Crippen molar-refractivity contribution in [3.8, 4) is 5.75 Å². The zero-order valence-electron chi connectivity index (χ0n) is 17.5. The number of nitro groups is 1. The Bertz CT molecular complexity index is 786. The Morgan fingerprint density at radius 2 is 1.90 bits per heavy atom. The first-order valence-electron chi connectivity index (χ1n) is 10.5. The monoisotopic (exact) mass is 416 g/mol. The Morgan fingerprint density at radius 1 is 1.23 bits per heavy atom. The molecule has 1 aliphatic carbocycles. The number of rotatable bonds is 8. The van der Waals surface area contributed by atoms with Crippen molar-refractivity contribution in [2.45, 2.75) is 44.2 Å². The molecule has 0 spiro atoms. The normalized spacial score (nSPS) is 27.7. The van der Waals surface area contributed by atoms with E-state index in [0.717, 1.165) is 43.4 Å². The summed E-state index contributed by atoms with van der Waals surface area (Å²) < 4.78 is 5.17. The number of nitrogens with zero attached hydrogens (tertiary/aromatic N) is 2. The minimum atomic E-state index is -1.24. The van der Waals surface area contributed by atoms with Gasteiger partial charge in [-0.15, -0.1) is 0 Å². The van der Waals surface area contributed by atoms with E-state index in [1.54, 1.807) is 7.11 Å². The SMILES string of the molecule is COc1ccc(CCN=C2NC=C([N+](=O)[O-])C(N)(CC3CCC(CN)CC3)N2)cc1. The fourth-order valence-corrected chi connectivity index (χ4v) is 4.25. The molecule has 1 aromatic rings. The topological polar surface area (TPSA) is 141 Å². The molecule has 9 nitrogen and oxygen atoms in total. The molecule has 0 bridgehead atoms. The Kier molecular flexibility index (Phi) is 7.28. The van der Waals surface area contributed by atoms with Crippen LogP contribution in [0.25, 0.3) is 0 Å². The van der Waals surface area contributed by atoms with Crippen molar-refractivity contribution in [1.82, 2.24) is 10.6 Å². The van der Waals surface area contributed by atoms with E-state index in [4.69, 9.17) is 16.2 Å². The molecule has 2 aliphatic rings. The third kappa shape index (κ3) is 5.48. The molecule has 164 valence electrons. The van der Waals surface area contributed by atoms with Crippen LogP contribution in [0.1, 0.15) is 37.7 Å². The smallest absolute Gasteiger partial charge is 0.301 e. The summed E-state index contributed by atoms with van der Waals surface area (Å²) in [5.74, 6) is 2.16. The maximum atomic E-state index is 11.6. The highest BCUT2D eigenvalue weighted by atomic mass is 16.6. The van der Waals surface area contributed by atoms with Crippen molar-refractivity contribution in [3.05, 3.63) is 51.8 Å². The van der Waals surface area contributed by atoms with Gasteiger partial charge in [-0.3, -0.25) is 20.8 Å². The second-order valence-corrected chi connectivity index (χ2v) is 8.18. The van der Waals surface area contributed by atoms with E-state index in [0.29, 0.717) is 37.3 Å². The van der Waals surface area contributed by atoms with Crippen LogP contribution in [0.2, 0.25) is 0 Å². The van der Waals surface area contributed by atoms with Gasteiger partial charge in [-0.05, 0) is 74.6 Å². The first kappa shape index (κ1) is 22.0. The van der Waals surface area contributed by atoms with Gasteiger partial charge >= 0.3 is 5.70 Å². The van der Waals surface area contributed by atoms with E-state index in [-0.39, 0.29) is 5.70 Å². The number of ether oxygens (including phenoxy) is 1. The Balaban J connectivity index is 1.63. The van der Waals surface area contributed by atoms with Crippen molar-refractivity contribution < 1.29 is 9.66 Å². The van der Waals surface area contributed by atoms with Crippen molar-refractivity contribution in [3.63, 3.8) is 0 Å². The van der Waals surface area contributed by atoms with Crippen molar-refractivity contribution in [2.24, 2.45) is 28.3 Å². The zero-order valence-corrected chi connectivity index (χ0v) is 17.5. The Hall–Kier alpha value is -2.65. The van der Waals surface area contributed by atoms with Crippen LogP contribution in [-0.2, 0) is 6.42 Å². The predicted octanol–water partition coefficient (Wildman–Crippen LogP) is 1.71. The van der Waals surface area contributed by atoms with Crippen LogP contribution in [0.4, 0.5) is 0 Å². The number of hydrogen-bond donors (Lipinski definition) is 4. The molecule has 0 saturated heterocycles. The van der Waals surface area contributed by atoms with Crippen LogP contribution in [-0.4, -0.2) is 36.7 Å². The van der Waals surface area contributed by atoms with Gasteiger partial charge in [-0.25, -0.2) is 0 Å². The molecular weight excluding hydrogens is 384 g/mol. The van der Waals surface area contributed by atoms with Gasteiger partial charge in [-0.1, -0.05) is 12.1 Å². The second-order valence-electron chi connectivity index (χ2n) is 8.18. The van der Waals surface area contributed by atoms with Crippen LogP contribution in [0.5, 0.6) is 5.75 Å². The average Bonchev–Trinajstić information content (AvgIpc) is 2.74. The fraction of sp³-hybridized carbons (Fsp3) is 0.571. The second kappa shape index (κ2) is 9.90. The number of methoxy groups -OCH3 is 1. The molecule has 1 saturated carbocycles. The van der Waals surface area contributed by atoms with Gasteiger partial charge in [0, 0.05) is 6.54 Å². The summed E-state index contributed by atoms with van der Waals surface area (Å²) in [6.45, 7) is 1.23. The Labute approximate surface area is 177 Å². The molecule has 1 aromatic carbocycles. The molecule has 1 unspecified atom stereocenters. The lowest BCUT2D eigenvalue weighted by atomic mass is 9.77. The van der Waals surface area contributed by atoms with Crippen LogP contribution in [0, 0.1) is 22.0 Å². The standard InChI is InChI=1S/C21H32N6O3/c1-30-18-8-6-15(7-9-18)10-11-24-20-25-14-19(27(28)29)21(23,26-20)12-16-2-4-17(13-22)5-3-16/h6-9,14,16-17H,2-5,10-13,22-23H2,1H3,(H2,24,25,26). The van der Waals surface area contributed by atoms with E-state index >= 15 is 0 Å². The summed E-state index contributed by atoms with van der Waals surface area (Å²) >= 11 is 0. The minimum Gasteiger partial charge on any atom is -0.497 e. The summed E-state index contributed by atoms with van der Waals surface area (Å²) in [5, 5.41) is 17.6. The van der Waals surface area contributed by atoms with Gasteiger partial charge in [-0.2, -0.15) is 0 Å². The van der Waals surface area contributed by atoms with E-state index in [2.05, 4.69) is 15.6 Å². The first-order chi connectivity index (χ1) is 14.4. The lowest BCUT2D eigenvalue weighted by molar-refractivity contribution is -0.437. The molecule has 1 atom stereocenters. The van der Waals surface area contributed by atoms with E-state index in [1.807, 2.05) is 24.3 Å². The molecule has 30 heavy (non-hydrogen) atoms. The molecule has 0 radical (unpaired) electrons. The third-order valence-electron chi connectivity index (χ3n) is 6.08. The lowest BCUT2D eigenvalue weighted by Gasteiger charge is -2.37. The predicted molar refractivity (Wildman–Crippen MR) is 116 cm³/mol. The maximum absolute atomic E-state index is 11.6. The fourth-order valence-electron chi connectivity index (χ4n) is 4.25. The largest absolute Gasteiger partial charge is 0.497 e. The van der Waals surface area contributed by atoms with Crippen LogP contribution in [0.15, 0.2) is 41.2 Å². The maximum Gasteiger partial charge on any atom is 0.301 e. The van der Waals surface area contributed by atoms with Gasteiger partial charge < -0.3 is 21.1 Å². The van der Waals surface area contributed by atoms with Gasteiger partial charge in [0.25, 0.3) is 0 Å². The number of guanidine groups is 1. The molecular formula is C21H32N6O3. The minimum absolute atomic E-state index is 0.0578. The molecule has 1 fully saturated rings.